The van der Waals surface area contributed by atoms with Crippen molar-refractivity contribution in [1.29, 1.82) is 0 Å². The smallest absolute Gasteiger partial charge is 0.234 e. The molecular formula is C17H23N5O2. The minimum atomic E-state index is -0.0380. The maximum atomic E-state index is 12.4. The molecule has 0 aliphatic carbocycles. The maximum Gasteiger partial charge on any atom is 0.234 e. The minimum Gasteiger partial charge on any atom is -0.379 e. The fourth-order valence-corrected chi connectivity index (χ4v) is 2.82. The van der Waals surface area contributed by atoms with Crippen molar-refractivity contribution in [3.8, 4) is 0 Å². The van der Waals surface area contributed by atoms with Crippen molar-refractivity contribution < 1.29 is 9.53 Å². The summed E-state index contributed by atoms with van der Waals surface area (Å²) in [5.74, 6) is 0.0457. The number of carbonyl (C=O) groups is 1. The van der Waals surface area contributed by atoms with Crippen molar-refractivity contribution >= 4 is 5.91 Å². The van der Waals surface area contributed by atoms with Crippen LogP contribution in [0.1, 0.15) is 18.0 Å². The quantitative estimate of drug-likeness (QED) is 0.816. The van der Waals surface area contributed by atoms with E-state index in [1.807, 2.05) is 30.3 Å². The van der Waals surface area contributed by atoms with E-state index in [0.717, 1.165) is 25.1 Å². The molecule has 1 N–H and O–H groups in total. The second-order valence-electron chi connectivity index (χ2n) is 5.87. The van der Waals surface area contributed by atoms with Crippen LogP contribution in [0.5, 0.6) is 0 Å². The van der Waals surface area contributed by atoms with E-state index < -0.39 is 0 Å². The van der Waals surface area contributed by atoms with E-state index in [9.17, 15) is 4.79 Å². The fraction of sp³-hybridized carbons (Fsp3) is 0.471. The summed E-state index contributed by atoms with van der Waals surface area (Å²) in [5.41, 5.74) is 1.10. The first-order valence-electron chi connectivity index (χ1n) is 8.28. The molecule has 3 rings (SSSR count). The number of morpholine rings is 1. The molecule has 1 saturated heterocycles. The lowest BCUT2D eigenvalue weighted by Crippen LogP contribution is -2.44. The first-order valence-corrected chi connectivity index (χ1v) is 8.28. The zero-order chi connectivity index (χ0) is 16.6. The van der Waals surface area contributed by atoms with Gasteiger partial charge in [0.25, 0.3) is 0 Å². The highest BCUT2D eigenvalue weighted by Crippen LogP contribution is 2.17. The molecule has 0 saturated carbocycles. The predicted molar refractivity (Wildman–Crippen MR) is 89.2 cm³/mol. The molecular weight excluding hydrogens is 306 g/mol. The maximum absolute atomic E-state index is 12.4. The fourth-order valence-electron chi connectivity index (χ4n) is 2.82. The van der Waals surface area contributed by atoms with E-state index in [0.29, 0.717) is 26.3 Å². The minimum absolute atomic E-state index is 0.0380. The monoisotopic (exact) mass is 329 g/mol. The number of hydrogen-bond acceptors (Lipinski definition) is 5. The molecule has 7 nitrogen and oxygen atoms in total. The van der Waals surface area contributed by atoms with Crippen molar-refractivity contribution in [3.05, 3.63) is 48.5 Å². The van der Waals surface area contributed by atoms with E-state index in [1.165, 1.54) is 6.33 Å². The van der Waals surface area contributed by atoms with Gasteiger partial charge in [0.05, 0.1) is 25.8 Å². The van der Waals surface area contributed by atoms with Crippen molar-refractivity contribution in [2.45, 2.75) is 19.0 Å². The molecule has 1 fully saturated rings. The number of nitrogens with one attached hydrogen (secondary N) is 1. The summed E-state index contributed by atoms with van der Waals surface area (Å²) in [7, 11) is 0. The molecule has 7 heteroatoms. The summed E-state index contributed by atoms with van der Waals surface area (Å²) in [5, 5.41) is 7.29. The molecule has 2 heterocycles. The van der Waals surface area contributed by atoms with Crippen molar-refractivity contribution in [1.82, 2.24) is 25.0 Å². The van der Waals surface area contributed by atoms with E-state index in [2.05, 4.69) is 20.3 Å². The van der Waals surface area contributed by atoms with Crippen molar-refractivity contribution in [2.24, 2.45) is 0 Å². The lowest BCUT2D eigenvalue weighted by Gasteiger charge is -2.27. The van der Waals surface area contributed by atoms with E-state index in [1.54, 1.807) is 11.0 Å². The van der Waals surface area contributed by atoms with Gasteiger partial charge < -0.3 is 10.1 Å². The lowest BCUT2D eigenvalue weighted by atomic mass is 10.0. The van der Waals surface area contributed by atoms with Gasteiger partial charge in [-0.3, -0.25) is 14.4 Å². The highest BCUT2D eigenvalue weighted by Gasteiger charge is 2.18. The summed E-state index contributed by atoms with van der Waals surface area (Å²) >= 11 is 0. The van der Waals surface area contributed by atoms with Crippen molar-refractivity contribution in [2.75, 3.05) is 32.8 Å². The van der Waals surface area contributed by atoms with Crippen LogP contribution in [0, 0.1) is 0 Å². The summed E-state index contributed by atoms with van der Waals surface area (Å²) in [4.78, 5) is 18.5. The Morgan fingerprint density at radius 1 is 1.25 bits per heavy atom. The van der Waals surface area contributed by atoms with Gasteiger partial charge in [-0.05, 0) is 12.0 Å². The number of amides is 1. The van der Waals surface area contributed by atoms with Crippen LogP contribution in [0.2, 0.25) is 0 Å². The summed E-state index contributed by atoms with van der Waals surface area (Å²) in [6.07, 6.45) is 3.98. The number of nitrogens with zero attached hydrogens (tertiary/aromatic N) is 4. The second kappa shape index (κ2) is 8.56. The zero-order valence-corrected chi connectivity index (χ0v) is 13.7. The topological polar surface area (TPSA) is 72.3 Å². The standard InChI is InChI=1S/C17H23N5O2/c23-17(12-21-8-10-24-11-9-21)20-16(15-4-2-1-3-5-15)6-7-22-14-18-13-19-22/h1-5,13-14,16H,6-12H2,(H,20,23). The third-order valence-corrected chi connectivity index (χ3v) is 4.12. The zero-order valence-electron chi connectivity index (χ0n) is 13.7. The molecule has 24 heavy (non-hydrogen) atoms. The molecule has 0 spiro atoms. The number of hydrogen-bond donors (Lipinski definition) is 1. The van der Waals surface area contributed by atoms with E-state index in [4.69, 9.17) is 4.74 Å². The Morgan fingerprint density at radius 2 is 2.04 bits per heavy atom. The number of rotatable bonds is 7. The highest BCUT2D eigenvalue weighted by molar-refractivity contribution is 5.78. The van der Waals surface area contributed by atoms with Gasteiger partial charge >= 0.3 is 0 Å². The predicted octanol–water partition coefficient (Wildman–Crippen LogP) is 0.858. The molecule has 1 amide bonds. The van der Waals surface area contributed by atoms with E-state index in [-0.39, 0.29) is 11.9 Å². The number of benzene rings is 1. The Morgan fingerprint density at radius 3 is 2.75 bits per heavy atom. The summed E-state index contributed by atoms with van der Waals surface area (Å²) in [6.45, 7) is 4.13. The lowest BCUT2D eigenvalue weighted by molar-refractivity contribution is -0.124. The number of aromatic nitrogens is 3. The number of carbonyl (C=O) groups excluding carboxylic acids is 1. The van der Waals surface area contributed by atoms with Crippen LogP contribution >= 0.6 is 0 Å². The molecule has 1 aromatic carbocycles. The van der Waals surface area contributed by atoms with Crippen LogP contribution < -0.4 is 5.32 Å². The molecule has 1 unspecified atom stereocenters. The average molecular weight is 329 g/mol. The Bertz CT molecular complexity index is 611. The Hall–Kier alpha value is -2.25. The van der Waals surface area contributed by atoms with Gasteiger partial charge in [-0.25, -0.2) is 4.98 Å². The van der Waals surface area contributed by atoms with Gasteiger partial charge in [-0.1, -0.05) is 30.3 Å². The third kappa shape index (κ3) is 4.87. The van der Waals surface area contributed by atoms with Gasteiger partial charge in [0.1, 0.15) is 12.7 Å². The summed E-state index contributed by atoms with van der Waals surface area (Å²) in [6, 6.07) is 10.0. The molecule has 0 bridgehead atoms. The highest BCUT2D eigenvalue weighted by atomic mass is 16.5. The van der Waals surface area contributed by atoms with Crippen LogP contribution in [0.3, 0.4) is 0 Å². The molecule has 128 valence electrons. The van der Waals surface area contributed by atoms with Gasteiger partial charge in [-0.2, -0.15) is 5.10 Å². The molecule has 1 atom stereocenters. The number of aryl methyl sites for hydroxylation is 1. The third-order valence-electron chi connectivity index (χ3n) is 4.12. The molecule has 2 aromatic rings. The first kappa shape index (κ1) is 16.6. The van der Waals surface area contributed by atoms with Crippen molar-refractivity contribution in [3.63, 3.8) is 0 Å². The first-order chi connectivity index (χ1) is 11.8. The Labute approximate surface area is 141 Å². The average Bonchev–Trinajstić information content (AvgIpc) is 3.14. The Balaban J connectivity index is 1.59. The van der Waals surface area contributed by atoms with Crippen LogP contribution in [0.25, 0.3) is 0 Å². The largest absolute Gasteiger partial charge is 0.379 e. The molecule has 0 radical (unpaired) electrons. The van der Waals surface area contributed by atoms with Crippen LogP contribution in [0.15, 0.2) is 43.0 Å². The Kier molecular flexibility index (Phi) is 5.92. The SMILES string of the molecule is O=C(CN1CCOCC1)NC(CCn1cncn1)c1ccccc1. The normalized spacial score (nSPS) is 16.7. The van der Waals surface area contributed by atoms with Crippen LogP contribution in [-0.4, -0.2) is 58.4 Å². The van der Waals surface area contributed by atoms with E-state index >= 15 is 0 Å². The molecule has 1 aliphatic heterocycles. The van der Waals surface area contributed by atoms with Crippen LogP contribution in [0.4, 0.5) is 0 Å². The van der Waals surface area contributed by atoms with Crippen LogP contribution in [-0.2, 0) is 16.1 Å². The summed E-state index contributed by atoms with van der Waals surface area (Å²) < 4.78 is 7.10. The van der Waals surface area contributed by atoms with Gasteiger partial charge in [-0.15, -0.1) is 0 Å². The van der Waals surface area contributed by atoms with Gasteiger partial charge in [0, 0.05) is 19.6 Å². The van der Waals surface area contributed by atoms with Gasteiger partial charge in [0.15, 0.2) is 0 Å². The molecule has 1 aromatic heterocycles. The second-order valence-corrected chi connectivity index (χ2v) is 5.87. The molecule has 1 aliphatic rings. The number of ether oxygens (including phenoxy) is 1. The van der Waals surface area contributed by atoms with Gasteiger partial charge in [0.2, 0.25) is 5.91 Å².